The topological polar surface area (TPSA) is 193 Å². The number of nitrogens with one attached hydrogen (secondary N) is 3. The van der Waals surface area contributed by atoms with Gasteiger partial charge in [-0.05, 0) is 55.7 Å². The summed E-state index contributed by atoms with van der Waals surface area (Å²) < 4.78 is 0. The molecule has 5 N–H and O–H groups in total. The molecule has 2 aromatic rings. The molecule has 1 aromatic carbocycles. The number of carbonyl (C=O) groups is 3. The molecule has 34 heavy (non-hydrogen) atoms. The minimum atomic E-state index is -1.56. The van der Waals surface area contributed by atoms with Crippen molar-refractivity contribution in [1.82, 2.24) is 15.3 Å². The number of benzene rings is 1. The number of carbonyl (C=O) groups excluding carboxylic acids is 3. The maximum absolute atomic E-state index is 12.3. The first-order valence-electron chi connectivity index (χ1n) is 10.2. The third kappa shape index (κ3) is 8.40. The molecule has 1 amide bonds. The number of hydrogen-bond donors (Lipinski definition) is 4. The Labute approximate surface area is 239 Å². The van der Waals surface area contributed by atoms with E-state index in [1.165, 1.54) is 0 Å². The molecule has 1 aromatic heterocycles. The van der Waals surface area contributed by atoms with Crippen LogP contribution in [0.1, 0.15) is 40.7 Å². The molecule has 0 saturated carbocycles. The van der Waals surface area contributed by atoms with Crippen LogP contribution in [0, 0.1) is 5.92 Å². The maximum atomic E-state index is 12.3. The third-order valence-corrected chi connectivity index (χ3v) is 5.38. The van der Waals surface area contributed by atoms with E-state index < -0.39 is 30.3 Å². The number of amides is 1. The molecule has 3 rings (SSSR count). The number of H-pyrrole nitrogens is 1. The van der Waals surface area contributed by atoms with Gasteiger partial charge in [-0.2, -0.15) is 4.98 Å². The normalized spacial score (nSPS) is 14.9. The molecule has 13 heteroatoms. The Morgan fingerprint density at radius 1 is 1.18 bits per heavy atom. The van der Waals surface area contributed by atoms with E-state index in [0.717, 1.165) is 18.4 Å². The molecule has 170 valence electrons. The number of fused-ring (bicyclic) bond motifs is 1. The zero-order valence-corrected chi connectivity index (χ0v) is 23.2. The van der Waals surface area contributed by atoms with Crippen LogP contribution >= 0.6 is 0 Å². The van der Waals surface area contributed by atoms with Crippen molar-refractivity contribution in [2.45, 2.75) is 38.1 Å². The smallest absolute Gasteiger partial charge is 0.550 e. The summed E-state index contributed by atoms with van der Waals surface area (Å²) in [6.07, 6.45) is 1.28. The van der Waals surface area contributed by atoms with Crippen LogP contribution in [0.5, 0.6) is 0 Å². The van der Waals surface area contributed by atoms with Crippen molar-refractivity contribution in [2.24, 2.45) is 5.92 Å². The molecule has 0 aliphatic carbocycles. The van der Waals surface area contributed by atoms with Crippen LogP contribution in [0.2, 0.25) is 0 Å². The summed E-state index contributed by atoms with van der Waals surface area (Å²) in [6.45, 7) is 0.684. The van der Waals surface area contributed by atoms with Gasteiger partial charge in [-0.3, -0.25) is 9.59 Å². The monoisotopic (exact) mass is 487 g/mol. The van der Waals surface area contributed by atoms with Crippen molar-refractivity contribution in [3.8, 4) is 0 Å². The summed E-state index contributed by atoms with van der Waals surface area (Å²) in [7, 11) is 0. The third-order valence-electron chi connectivity index (χ3n) is 5.38. The number of aromatic nitrogens is 2. The molecule has 11 nitrogen and oxygen atoms in total. The molecule has 1 aliphatic rings. The van der Waals surface area contributed by atoms with E-state index in [1.807, 2.05) is 0 Å². The van der Waals surface area contributed by atoms with Gasteiger partial charge in [0.25, 0.3) is 11.5 Å². The van der Waals surface area contributed by atoms with Crippen LogP contribution in [0.15, 0.2) is 29.1 Å². The number of nitrogens with zero attached hydrogens (tertiary/aromatic N) is 1. The van der Waals surface area contributed by atoms with Gasteiger partial charge in [0, 0.05) is 18.1 Å². The molecule has 2 atom stereocenters. The standard InChI is InChI=1S/C21H25N5O6.2Na/c22-21-25-17-14(19(30)26-21)9-12(10-23-17)2-1-11-3-5-13(6-4-11)18(29)24-15(20(31)32)7-8-16(27)28;;/h3-6,12,15H,1-2,7-10H2,(H,24,29)(H,27,28)(H,31,32)(H4,22,23,25,26,30);;/q;2*+1/p-2/t12-,15+;;/m1../s1. The average Bonchev–Trinajstić information content (AvgIpc) is 2.75. The Balaban J connectivity index is 0.00000289. The van der Waals surface area contributed by atoms with Crippen molar-refractivity contribution in [2.75, 3.05) is 17.6 Å². The van der Waals surface area contributed by atoms with Gasteiger partial charge in [0.2, 0.25) is 5.95 Å². The molecule has 0 unspecified atom stereocenters. The number of aryl methyl sites for hydroxylation is 1. The Bertz CT molecular complexity index is 1080. The summed E-state index contributed by atoms with van der Waals surface area (Å²) in [5.74, 6) is -2.68. The van der Waals surface area contributed by atoms with Crippen molar-refractivity contribution in [1.29, 1.82) is 0 Å². The Kier molecular flexibility index (Phi) is 12.3. The molecule has 1 aliphatic heterocycles. The largest absolute Gasteiger partial charge is 1.00 e. The number of rotatable bonds is 9. The summed E-state index contributed by atoms with van der Waals surface area (Å²) in [4.78, 5) is 52.5. The van der Waals surface area contributed by atoms with Crippen molar-refractivity contribution < 1.29 is 83.7 Å². The Morgan fingerprint density at radius 3 is 2.47 bits per heavy atom. The number of aliphatic carboxylic acids is 2. The Hall–Kier alpha value is -1.89. The average molecular weight is 487 g/mol. The van der Waals surface area contributed by atoms with Crippen molar-refractivity contribution in [3.63, 3.8) is 0 Å². The Morgan fingerprint density at radius 2 is 1.85 bits per heavy atom. The van der Waals surface area contributed by atoms with Gasteiger partial charge in [-0.1, -0.05) is 12.1 Å². The first kappa shape index (κ1) is 30.1. The summed E-state index contributed by atoms with van der Waals surface area (Å²) in [6, 6.07) is 5.25. The number of aromatic amines is 1. The number of carboxylic acid groups (broad SMARTS) is 2. The van der Waals surface area contributed by atoms with Gasteiger partial charge >= 0.3 is 59.1 Å². The van der Waals surface area contributed by atoms with Crippen molar-refractivity contribution in [3.05, 3.63) is 51.3 Å². The first-order valence-corrected chi connectivity index (χ1v) is 10.2. The van der Waals surface area contributed by atoms with E-state index in [-0.39, 0.29) is 88.5 Å². The van der Waals surface area contributed by atoms with Crippen LogP contribution in [0.25, 0.3) is 0 Å². The number of carboxylic acids is 2. The van der Waals surface area contributed by atoms with Gasteiger partial charge in [0.1, 0.15) is 5.82 Å². The van der Waals surface area contributed by atoms with Crippen molar-refractivity contribution >= 4 is 29.6 Å². The summed E-state index contributed by atoms with van der Waals surface area (Å²) in [5.41, 5.74) is 7.04. The summed E-state index contributed by atoms with van der Waals surface area (Å²) in [5, 5.41) is 27.1. The molecule has 0 spiro atoms. The van der Waals surface area contributed by atoms with Gasteiger partial charge in [-0.25, -0.2) is 0 Å². The predicted octanol–water partition coefficient (Wildman–Crippen LogP) is -8.04. The minimum absolute atomic E-state index is 0. The van der Waals surface area contributed by atoms with E-state index in [1.54, 1.807) is 24.3 Å². The number of hydrogen-bond acceptors (Lipinski definition) is 9. The number of nitrogen functional groups attached to an aromatic ring is 1. The van der Waals surface area contributed by atoms with Crippen LogP contribution in [0.3, 0.4) is 0 Å². The SMILES string of the molecule is Nc1nc(=O)c2c([nH]1)NC[C@H](CCc1ccc(C(=O)N[C@@H](CCC(=O)[O-])C(=O)[O-])cc1)C2.[Na+].[Na+]. The summed E-state index contributed by atoms with van der Waals surface area (Å²) >= 11 is 0. The zero-order chi connectivity index (χ0) is 23.3. The first-order chi connectivity index (χ1) is 15.2. The number of anilines is 2. The molecular formula is C21H23N5Na2O6. The fourth-order valence-electron chi connectivity index (χ4n) is 3.61. The number of nitrogens with two attached hydrogens (primary N) is 1. The van der Waals surface area contributed by atoms with Crippen LogP contribution in [0.4, 0.5) is 11.8 Å². The van der Waals surface area contributed by atoms with E-state index in [0.29, 0.717) is 24.3 Å². The van der Waals surface area contributed by atoms with Crippen LogP contribution in [-0.2, 0) is 22.4 Å². The second-order valence-corrected chi connectivity index (χ2v) is 7.72. The predicted molar refractivity (Wildman–Crippen MR) is 110 cm³/mol. The molecule has 0 bridgehead atoms. The van der Waals surface area contributed by atoms with E-state index in [2.05, 4.69) is 20.6 Å². The maximum Gasteiger partial charge on any atom is 1.00 e. The van der Waals surface area contributed by atoms with Gasteiger partial charge in [0.05, 0.1) is 17.6 Å². The van der Waals surface area contributed by atoms with Crippen LogP contribution in [-0.4, -0.2) is 40.4 Å². The van der Waals surface area contributed by atoms with Gasteiger partial charge in [-0.15, -0.1) is 0 Å². The zero-order valence-electron chi connectivity index (χ0n) is 19.2. The van der Waals surface area contributed by atoms with Gasteiger partial charge in [0.15, 0.2) is 0 Å². The quantitative estimate of drug-likeness (QED) is 0.249. The second-order valence-electron chi connectivity index (χ2n) is 7.72. The molecule has 2 heterocycles. The minimum Gasteiger partial charge on any atom is -0.550 e. The fraction of sp³-hybridized carbons (Fsp3) is 0.381. The fourth-order valence-corrected chi connectivity index (χ4v) is 3.61. The molecule has 0 radical (unpaired) electrons. The van der Waals surface area contributed by atoms with E-state index in [9.17, 15) is 29.4 Å². The second kappa shape index (κ2) is 13.9. The van der Waals surface area contributed by atoms with Crippen LogP contribution < -0.4 is 91.3 Å². The van der Waals surface area contributed by atoms with E-state index >= 15 is 0 Å². The molecular weight excluding hydrogens is 464 g/mol. The molecule has 0 fully saturated rings. The molecule has 0 saturated heterocycles. The van der Waals surface area contributed by atoms with Gasteiger partial charge < -0.3 is 41.2 Å². The van der Waals surface area contributed by atoms with E-state index in [4.69, 9.17) is 5.73 Å².